The summed E-state index contributed by atoms with van der Waals surface area (Å²) in [5.41, 5.74) is 3.35. The summed E-state index contributed by atoms with van der Waals surface area (Å²) in [6.45, 7) is 1.01. The summed E-state index contributed by atoms with van der Waals surface area (Å²) < 4.78 is 5.05. The van der Waals surface area contributed by atoms with E-state index in [4.69, 9.17) is 4.74 Å². The third kappa shape index (κ3) is 4.10. The lowest BCUT2D eigenvalue weighted by Crippen LogP contribution is -2.38. The first-order valence-electron chi connectivity index (χ1n) is 7.97. The number of carbonyl (C=O) groups excluding carboxylic acids is 2. The molecule has 1 amide bonds. The fourth-order valence-electron chi connectivity index (χ4n) is 2.71. The number of fused-ring (bicyclic) bond motifs is 1. The van der Waals surface area contributed by atoms with Crippen molar-refractivity contribution in [2.24, 2.45) is 0 Å². The maximum atomic E-state index is 12.2. The largest absolute Gasteiger partial charge is 0.452 e. The van der Waals surface area contributed by atoms with Crippen molar-refractivity contribution in [3.63, 3.8) is 0 Å². The zero-order valence-electron chi connectivity index (χ0n) is 13.4. The van der Waals surface area contributed by atoms with Crippen molar-refractivity contribution in [1.82, 2.24) is 4.90 Å². The smallest absolute Gasteiger partial charge is 0.331 e. The van der Waals surface area contributed by atoms with Crippen molar-refractivity contribution in [2.75, 3.05) is 13.2 Å². The van der Waals surface area contributed by atoms with E-state index in [1.807, 2.05) is 48.5 Å². The molecule has 2 aromatic rings. The first kappa shape index (κ1) is 16.0. The summed E-state index contributed by atoms with van der Waals surface area (Å²) in [5.74, 6) is -0.671. The Morgan fingerprint density at radius 3 is 2.50 bits per heavy atom. The number of nitrogens with zero attached hydrogens (tertiary/aromatic N) is 1. The second-order valence-electron chi connectivity index (χ2n) is 5.69. The molecule has 0 unspecified atom stereocenters. The molecule has 3 rings (SSSR count). The number of hydrogen-bond acceptors (Lipinski definition) is 3. The van der Waals surface area contributed by atoms with Crippen molar-refractivity contribution < 1.29 is 14.3 Å². The van der Waals surface area contributed by atoms with Crippen molar-refractivity contribution in [1.29, 1.82) is 0 Å². The Morgan fingerprint density at radius 2 is 1.71 bits per heavy atom. The van der Waals surface area contributed by atoms with Crippen LogP contribution in [0.25, 0.3) is 6.08 Å². The van der Waals surface area contributed by atoms with E-state index < -0.39 is 5.97 Å². The third-order valence-electron chi connectivity index (χ3n) is 4.03. The molecule has 1 aliphatic heterocycles. The van der Waals surface area contributed by atoms with Gasteiger partial charge in [0.25, 0.3) is 5.91 Å². The molecular weight excluding hydrogens is 302 g/mol. The maximum absolute atomic E-state index is 12.2. The summed E-state index contributed by atoms with van der Waals surface area (Å²) >= 11 is 0. The Kier molecular flexibility index (Phi) is 5.06. The van der Waals surface area contributed by atoms with Crippen LogP contribution in [0.15, 0.2) is 60.7 Å². The van der Waals surface area contributed by atoms with Crippen LogP contribution in [-0.4, -0.2) is 29.9 Å². The van der Waals surface area contributed by atoms with Crippen LogP contribution in [0.5, 0.6) is 0 Å². The topological polar surface area (TPSA) is 46.6 Å². The molecule has 4 nitrogen and oxygen atoms in total. The molecule has 24 heavy (non-hydrogen) atoms. The molecule has 122 valence electrons. The fraction of sp³-hybridized carbons (Fsp3) is 0.200. The first-order valence-corrected chi connectivity index (χ1v) is 7.97. The Hall–Kier alpha value is -2.88. The Balaban J connectivity index is 1.49. The van der Waals surface area contributed by atoms with E-state index in [1.165, 1.54) is 11.6 Å². The summed E-state index contributed by atoms with van der Waals surface area (Å²) in [7, 11) is 0. The van der Waals surface area contributed by atoms with Gasteiger partial charge in [0.2, 0.25) is 0 Å². The number of carbonyl (C=O) groups is 2. The highest BCUT2D eigenvalue weighted by atomic mass is 16.5. The second kappa shape index (κ2) is 7.59. The van der Waals surface area contributed by atoms with Crippen LogP contribution in [0, 0.1) is 0 Å². The van der Waals surface area contributed by atoms with Gasteiger partial charge in [0.05, 0.1) is 0 Å². The van der Waals surface area contributed by atoms with Gasteiger partial charge in [-0.3, -0.25) is 4.79 Å². The molecular formula is C20H19NO3. The second-order valence-corrected chi connectivity index (χ2v) is 5.69. The number of benzene rings is 2. The lowest BCUT2D eigenvalue weighted by Gasteiger charge is -2.28. The average molecular weight is 321 g/mol. The number of rotatable bonds is 4. The van der Waals surface area contributed by atoms with Gasteiger partial charge in [-0.1, -0.05) is 54.6 Å². The van der Waals surface area contributed by atoms with E-state index in [1.54, 1.807) is 11.0 Å². The van der Waals surface area contributed by atoms with E-state index in [-0.39, 0.29) is 12.5 Å². The monoisotopic (exact) mass is 321 g/mol. The zero-order chi connectivity index (χ0) is 16.8. The van der Waals surface area contributed by atoms with Crippen molar-refractivity contribution in [3.8, 4) is 0 Å². The molecule has 0 aliphatic carbocycles. The fourth-order valence-corrected chi connectivity index (χ4v) is 2.71. The molecule has 0 saturated carbocycles. The van der Waals surface area contributed by atoms with Crippen LogP contribution < -0.4 is 0 Å². The Labute approximate surface area is 141 Å². The maximum Gasteiger partial charge on any atom is 0.331 e. The van der Waals surface area contributed by atoms with Crippen molar-refractivity contribution in [3.05, 3.63) is 77.4 Å². The van der Waals surface area contributed by atoms with E-state index >= 15 is 0 Å². The number of ether oxygens (including phenoxy) is 1. The minimum Gasteiger partial charge on any atom is -0.452 e. The van der Waals surface area contributed by atoms with Gasteiger partial charge in [0.1, 0.15) is 0 Å². The van der Waals surface area contributed by atoms with Gasteiger partial charge in [0, 0.05) is 19.2 Å². The van der Waals surface area contributed by atoms with Gasteiger partial charge < -0.3 is 9.64 Å². The molecule has 0 fully saturated rings. The molecule has 0 saturated heterocycles. The van der Waals surface area contributed by atoms with Gasteiger partial charge in [-0.05, 0) is 29.2 Å². The minimum absolute atomic E-state index is 0.161. The molecule has 0 aromatic heterocycles. The summed E-state index contributed by atoms with van der Waals surface area (Å²) in [4.78, 5) is 25.7. The van der Waals surface area contributed by atoms with E-state index in [2.05, 4.69) is 6.07 Å². The first-order chi connectivity index (χ1) is 11.7. The van der Waals surface area contributed by atoms with E-state index in [0.717, 1.165) is 17.5 Å². The number of hydrogen-bond donors (Lipinski definition) is 0. The standard InChI is InChI=1S/C20H19NO3/c22-19(21-13-12-17-8-4-5-9-18(17)14-21)15-24-20(23)11-10-16-6-2-1-3-7-16/h1-11H,12-15H2/b11-10+. The van der Waals surface area contributed by atoms with Gasteiger partial charge in [-0.25, -0.2) is 4.79 Å². The quantitative estimate of drug-likeness (QED) is 0.642. The lowest BCUT2D eigenvalue weighted by atomic mass is 10.00. The number of amides is 1. The normalized spacial score (nSPS) is 13.6. The van der Waals surface area contributed by atoms with E-state index in [9.17, 15) is 9.59 Å². The van der Waals surface area contributed by atoms with Gasteiger partial charge in [-0.15, -0.1) is 0 Å². The van der Waals surface area contributed by atoms with Crippen LogP contribution in [0.1, 0.15) is 16.7 Å². The third-order valence-corrected chi connectivity index (χ3v) is 4.03. The highest BCUT2D eigenvalue weighted by Crippen LogP contribution is 2.18. The summed E-state index contributed by atoms with van der Waals surface area (Å²) in [6.07, 6.45) is 3.85. The van der Waals surface area contributed by atoms with Crippen molar-refractivity contribution >= 4 is 18.0 Å². The molecule has 0 radical (unpaired) electrons. The predicted octanol–water partition coefficient (Wildman–Crippen LogP) is 2.83. The van der Waals surface area contributed by atoms with E-state index in [0.29, 0.717) is 13.1 Å². The van der Waals surface area contributed by atoms with Gasteiger partial charge in [-0.2, -0.15) is 0 Å². The van der Waals surface area contributed by atoms with Crippen LogP contribution in [0.3, 0.4) is 0 Å². The molecule has 1 aliphatic rings. The SMILES string of the molecule is O=C(/C=C/c1ccccc1)OCC(=O)N1CCc2ccccc2C1. The highest BCUT2D eigenvalue weighted by molar-refractivity contribution is 5.89. The van der Waals surface area contributed by atoms with Gasteiger partial charge >= 0.3 is 5.97 Å². The van der Waals surface area contributed by atoms with Crippen LogP contribution >= 0.6 is 0 Å². The highest BCUT2D eigenvalue weighted by Gasteiger charge is 2.20. The summed E-state index contributed by atoms with van der Waals surface area (Å²) in [5, 5.41) is 0. The molecule has 0 bridgehead atoms. The Morgan fingerprint density at radius 1 is 1.00 bits per heavy atom. The Bertz CT molecular complexity index is 752. The number of esters is 1. The zero-order valence-corrected chi connectivity index (χ0v) is 13.4. The van der Waals surface area contributed by atoms with Gasteiger partial charge in [0.15, 0.2) is 6.61 Å². The summed E-state index contributed by atoms with van der Waals surface area (Å²) in [6, 6.07) is 17.6. The van der Waals surface area contributed by atoms with Crippen LogP contribution in [0.4, 0.5) is 0 Å². The van der Waals surface area contributed by atoms with Crippen molar-refractivity contribution in [2.45, 2.75) is 13.0 Å². The van der Waals surface area contributed by atoms with Crippen LogP contribution in [-0.2, 0) is 27.3 Å². The molecule has 0 N–H and O–H groups in total. The van der Waals surface area contributed by atoms with Crippen LogP contribution in [0.2, 0.25) is 0 Å². The lowest BCUT2D eigenvalue weighted by molar-refractivity contribution is -0.148. The minimum atomic E-state index is -0.510. The molecule has 4 heteroatoms. The molecule has 0 spiro atoms. The molecule has 2 aromatic carbocycles. The predicted molar refractivity (Wildman–Crippen MR) is 92.0 cm³/mol. The average Bonchev–Trinajstić information content (AvgIpc) is 2.65. The molecule has 0 atom stereocenters. The molecule has 1 heterocycles.